The number of hydrogen-bond donors (Lipinski definition) is 0. The van der Waals surface area contributed by atoms with Gasteiger partial charge < -0.3 is 4.42 Å². The fourth-order valence-corrected chi connectivity index (χ4v) is 3.28. The molecule has 0 amide bonds. The third kappa shape index (κ3) is 2.31. The molecule has 2 aromatic rings. The number of hydrogen-bond acceptors (Lipinski definition) is 2. The van der Waals surface area contributed by atoms with Crippen LogP contribution in [0.5, 0.6) is 0 Å². The Bertz CT molecular complexity index is 1020. The van der Waals surface area contributed by atoms with E-state index in [0.717, 1.165) is 34.1 Å². The number of fused-ring (bicyclic) bond motifs is 2. The zero-order chi connectivity index (χ0) is 16.7. The smallest absolute Gasteiger partial charge is 0.228 e. The SMILES string of the molecule is CCc1cc(C(=O)c2cc3cc(C)ccc3o2)c2cccccc1-2. The minimum Gasteiger partial charge on any atom is -0.453 e. The maximum atomic E-state index is 13.1. The zero-order valence-electron chi connectivity index (χ0n) is 13.8. The summed E-state index contributed by atoms with van der Waals surface area (Å²) in [6.07, 6.45) is 0.896. The Labute approximate surface area is 141 Å². The molecule has 0 saturated carbocycles. The van der Waals surface area contributed by atoms with E-state index in [0.29, 0.717) is 11.3 Å². The Balaban J connectivity index is 1.86. The molecule has 2 aliphatic carbocycles. The minimum absolute atomic E-state index is 0.0558. The van der Waals surface area contributed by atoms with Crippen molar-refractivity contribution >= 4 is 16.8 Å². The molecule has 2 aliphatic rings. The zero-order valence-corrected chi connectivity index (χ0v) is 13.8. The van der Waals surface area contributed by atoms with Crippen molar-refractivity contribution in [3.05, 3.63) is 83.1 Å². The summed E-state index contributed by atoms with van der Waals surface area (Å²) in [5.41, 5.74) is 5.93. The lowest BCUT2D eigenvalue weighted by molar-refractivity contribution is 0.101. The van der Waals surface area contributed by atoms with Crippen molar-refractivity contribution in [3.8, 4) is 11.1 Å². The molecule has 0 spiro atoms. The molecule has 1 aromatic carbocycles. The quantitative estimate of drug-likeness (QED) is 0.458. The highest BCUT2D eigenvalue weighted by Gasteiger charge is 2.22. The number of furan rings is 1. The van der Waals surface area contributed by atoms with Gasteiger partial charge in [-0.3, -0.25) is 4.79 Å². The van der Waals surface area contributed by atoms with E-state index in [1.165, 1.54) is 5.56 Å². The van der Waals surface area contributed by atoms with Gasteiger partial charge in [0.05, 0.1) is 0 Å². The molecule has 0 aliphatic heterocycles. The number of carbonyl (C=O) groups excluding carboxylic acids is 1. The van der Waals surface area contributed by atoms with Gasteiger partial charge >= 0.3 is 0 Å². The van der Waals surface area contributed by atoms with Crippen LogP contribution in [-0.2, 0) is 6.42 Å². The molecule has 0 N–H and O–H groups in total. The van der Waals surface area contributed by atoms with Crippen LogP contribution in [0.25, 0.3) is 22.1 Å². The van der Waals surface area contributed by atoms with Crippen LogP contribution >= 0.6 is 0 Å². The fourth-order valence-electron chi connectivity index (χ4n) is 3.28. The molecule has 0 bridgehead atoms. The number of carbonyl (C=O) groups is 1. The van der Waals surface area contributed by atoms with Gasteiger partial charge in [-0.05, 0) is 54.3 Å². The number of rotatable bonds is 3. The van der Waals surface area contributed by atoms with E-state index in [9.17, 15) is 4.79 Å². The maximum absolute atomic E-state index is 13.1. The van der Waals surface area contributed by atoms with Crippen LogP contribution in [0.3, 0.4) is 0 Å². The molecule has 1 heterocycles. The molecular weight excluding hydrogens is 296 g/mol. The number of ketones is 1. The third-order valence-electron chi connectivity index (χ3n) is 4.51. The maximum Gasteiger partial charge on any atom is 0.228 e. The van der Waals surface area contributed by atoms with Crippen LogP contribution in [-0.4, -0.2) is 5.78 Å². The first-order valence-corrected chi connectivity index (χ1v) is 8.23. The van der Waals surface area contributed by atoms with Gasteiger partial charge in [0.25, 0.3) is 0 Å². The average Bonchev–Trinajstić information content (AvgIpc) is 3.06. The van der Waals surface area contributed by atoms with Crippen LogP contribution < -0.4 is 0 Å². The molecule has 0 atom stereocenters. The highest BCUT2D eigenvalue weighted by atomic mass is 16.3. The van der Waals surface area contributed by atoms with Crippen molar-refractivity contribution in [2.45, 2.75) is 20.3 Å². The van der Waals surface area contributed by atoms with E-state index in [1.54, 1.807) is 0 Å². The van der Waals surface area contributed by atoms with Crippen LogP contribution in [0, 0.1) is 6.92 Å². The van der Waals surface area contributed by atoms with Gasteiger partial charge in [-0.2, -0.15) is 0 Å². The largest absolute Gasteiger partial charge is 0.453 e. The Morgan fingerprint density at radius 2 is 1.75 bits per heavy atom. The monoisotopic (exact) mass is 314 g/mol. The van der Waals surface area contributed by atoms with Crippen molar-refractivity contribution in [2.24, 2.45) is 0 Å². The van der Waals surface area contributed by atoms with E-state index in [4.69, 9.17) is 4.42 Å². The first-order chi connectivity index (χ1) is 11.7. The Kier molecular flexibility index (Phi) is 3.46. The average molecular weight is 314 g/mol. The van der Waals surface area contributed by atoms with E-state index in [-0.39, 0.29) is 5.78 Å². The van der Waals surface area contributed by atoms with Gasteiger partial charge in [0.15, 0.2) is 5.76 Å². The molecule has 24 heavy (non-hydrogen) atoms. The molecule has 0 fully saturated rings. The van der Waals surface area contributed by atoms with Gasteiger partial charge in [0, 0.05) is 10.9 Å². The first-order valence-electron chi connectivity index (χ1n) is 8.23. The van der Waals surface area contributed by atoms with Crippen molar-refractivity contribution in [3.63, 3.8) is 0 Å². The molecule has 2 nitrogen and oxygen atoms in total. The predicted octanol–water partition coefficient (Wildman–Crippen LogP) is 5.64. The van der Waals surface area contributed by atoms with Crippen LogP contribution in [0.15, 0.2) is 65.1 Å². The topological polar surface area (TPSA) is 30.2 Å². The minimum atomic E-state index is -0.0558. The standard InChI is InChI=1S/C22H18O2/c1-3-15-12-19(18-8-6-4-5-7-17(15)18)22(23)21-13-16-11-14(2)9-10-20(16)24-21/h4-13H,3H2,1-2H3. The van der Waals surface area contributed by atoms with E-state index < -0.39 is 0 Å². The highest BCUT2D eigenvalue weighted by molar-refractivity contribution is 6.14. The summed E-state index contributed by atoms with van der Waals surface area (Å²) in [5.74, 6) is 0.344. The first kappa shape index (κ1) is 14.7. The summed E-state index contributed by atoms with van der Waals surface area (Å²) in [4.78, 5) is 13.1. The van der Waals surface area contributed by atoms with Crippen molar-refractivity contribution in [2.75, 3.05) is 0 Å². The molecule has 2 heteroatoms. The summed E-state index contributed by atoms with van der Waals surface area (Å²) in [6.45, 7) is 4.14. The second-order valence-corrected chi connectivity index (χ2v) is 6.16. The normalized spacial score (nSPS) is 11.2. The lowest BCUT2D eigenvalue weighted by atomic mass is 10.0. The van der Waals surface area contributed by atoms with Crippen molar-refractivity contribution in [1.82, 2.24) is 0 Å². The van der Waals surface area contributed by atoms with Crippen molar-refractivity contribution in [1.29, 1.82) is 0 Å². The summed E-state index contributed by atoms with van der Waals surface area (Å²) in [7, 11) is 0. The molecular formula is C22H18O2. The van der Waals surface area contributed by atoms with Crippen LogP contribution in [0.1, 0.15) is 34.2 Å². The van der Waals surface area contributed by atoms with Gasteiger partial charge in [-0.25, -0.2) is 0 Å². The fraction of sp³-hybridized carbons (Fsp3) is 0.136. The molecule has 118 valence electrons. The van der Waals surface area contributed by atoms with Gasteiger partial charge in [0.2, 0.25) is 5.78 Å². The summed E-state index contributed by atoms with van der Waals surface area (Å²) < 4.78 is 5.80. The van der Waals surface area contributed by atoms with Gasteiger partial charge in [-0.1, -0.05) is 48.9 Å². The molecule has 0 saturated heterocycles. The van der Waals surface area contributed by atoms with Crippen molar-refractivity contribution < 1.29 is 9.21 Å². The highest BCUT2D eigenvalue weighted by Crippen LogP contribution is 2.34. The van der Waals surface area contributed by atoms with Crippen LogP contribution in [0.4, 0.5) is 0 Å². The van der Waals surface area contributed by atoms with Crippen LogP contribution in [0.2, 0.25) is 0 Å². The lowest BCUT2D eigenvalue weighted by Gasteiger charge is -1.99. The summed E-state index contributed by atoms with van der Waals surface area (Å²) in [5, 5.41) is 0.968. The lowest BCUT2D eigenvalue weighted by Crippen LogP contribution is -1.98. The molecule has 0 radical (unpaired) electrons. The Morgan fingerprint density at radius 1 is 0.958 bits per heavy atom. The van der Waals surface area contributed by atoms with E-state index in [1.807, 2.05) is 61.5 Å². The molecule has 4 rings (SSSR count). The molecule has 0 unspecified atom stereocenters. The van der Waals surface area contributed by atoms with Gasteiger partial charge in [-0.15, -0.1) is 0 Å². The predicted molar refractivity (Wildman–Crippen MR) is 96.8 cm³/mol. The Hall–Kier alpha value is -2.87. The summed E-state index contributed by atoms with van der Waals surface area (Å²) in [6, 6.07) is 19.9. The third-order valence-corrected chi connectivity index (χ3v) is 4.51. The molecule has 1 aromatic heterocycles. The second kappa shape index (κ2) is 5.64. The second-order valence-electron chi connectivity index (χ2n) is 6.16. The van der Waals surface area contributed by atoms with E-state index in [2.05, 4.69) is 13.0 Å². The van der Waals surface area contributed by atoms with Gasteiger partial charge in [0.1, 0.15) is 5.58 Å². The van der Waals surface area contributed by atoms with E-state index >= 15 is 0 Å². The number of benzene rings is 1. The summed E-state index contributed by atoms with van der Waals surface area (Å²) >= 11 is 0. The Morgan fingerprint density at radius 3 is 2.54 bits per heavy atom. The number of aryl methyl sites for hydroxylation is 2.